The van der Waals surface area contributed by atoms with Crippen molar-refractivity contribution in [3.63, 3.8) is 0 Å². The number of carbonyl (C=O) groups is 1. The number of urea groups is 1. The van der Waals surface area contributed by atoms with E-state index in [2.05, 4.69) is 48.3 Å². The number of rotatable bonds is 7. The minimum Gasteiger partial charge on any atom is -0.334 e. The van der Waals surface area contributed by atoms with Crippen molar-refractivity contribution in [2.24, 2.45) is 0 Å². The number of nitrogens with one attached hydrogen (secondary N) is 1. The molecule has 1 aromatic carbocycles. The predicted octanol–water partition coefficient (Wildman–Crippen LogP) is 3.13. The molecule has 0 aliphatic carbocycles. The number of likely N-dealkylation sites (tertiary alicyclic amines) is 1. The fourth-order valence-corrected chi connectivity index (χ4v) is 3.08. The fraction of sp³-hybridized carbons (Fsp3) is 0.632. The molecule has 0 saturated carbocycles. The molecule has 1 fully saturated rings. The van der Waals surface area contributed by atoms with Gasteiger partial charge in [-0.1, -0.05) is 30.3 Å². The van der Waals surface area contributed by atoms with Gasteiger partial charge in [0, 0.05) is 38.8 Å². The Morgan fingerprint density at radius 3 is 2.70 bits per heavy atom. The van der Waals surface area contributed by atoms with Gasteiger partial charge in [-0.05, 0) is 45.1 Å². The summed E-state index contributed by atoms with van der Waals surface area (Å²) in [6.07, 6.45) is 4.31. The van der Waals surface area contributed by atoms with Gasteiger partial charge in [-0.2, -0.15) is 0 Å². The van der Waals surface area contributed by atoms with Crippen LogP contribution in [0.3, 0.4) is 0 Å². The smallest absolute Gasteiger partial charge is 0.317 e. The molecule has 0 spiro atoms. The highest BCUT2D eigenvalue weighted by atomic mass is 16.2. The predicted molar refractivity (Wildman–Crippen MR) is 95.7 cm³/mol. The minimum atomic E-state index is 0.0697. The van der Waals surface area contributed by atoms with Crippen LogP contribution in [0.25, 0.3) is 0 Å². The molecule has 2 rings (SSSR count). The number of carbonyl (C=O) groups excluding carboxylic acids is 1. The maximum absolute atomic E-state index is 12.2. The second-order valence-corrected chi connectivity index (χ2v) is 6.89. The molecule has 0 bridgehead atoms. The zero-order valence-electron chi connectivity index (χ0n) is 14.8. The number of aryl methyl sites for hydroxylation is 1. The number of nitrogens with zero attached hydrogens (tertiary/aromatic N) is 2. The van der Waals surface area contributed by atoms with Gasteiger partial charge in [0.1, 0.15) is 0 Å². The van der Waals surface area contributed by atoms with Gasteiger partial charge in [-0.25, -0.2) is 4.79 Å². The van der Waals surface area contributed by atoms with Crippen molar-refractivity contribution in [2.45, 2.75) is 51.6 Å². The van der Waals surface area contributed by atoms with Crippen molar-refractivity contribution < 1.29 is 4.79 Å². The quantitative estimate of drug-likeness (QED) is 0.784. The molecule has 1 N–H and O–H groups in total. The molecule has 1 atom stereocenters. The van der Waals surface area contributed by atoms with Crippen LogP contribution in [0.2, 0.25) is 0 Å². The third kappa shape index (κ3) is 5.87. The van der Waals surface area contributed by atoms with Crippen molar-refractivity contribution in [1.29, 1.82) is 0 Å². The average Bonchev–Trinajstić information content (AvgIpc) is 3.01. The SMILES string of the molecule is CC(C)N1CCC(NC(=O)N(C)CCCCc2ccccc2)C1. The first-order chi connectivity index (χ1) is 11.1. The first kappa shape index (κ1) is 17.8. The van der Waals surface area contributed by atoms with E-state index < -0.39 is 0 Å². The van der Waals surface area contributed by atoms with E-state index in [1.807, 2.05) is 18.0 Å². The van der Waals surface area contributed by atoms with E-state index >= 15 is 0 Å². The summed E-state index contributed by atoms with van der Waals surface area (Å²) in [5.74, 6) is 0. The summed E-state index contributed by atoms with van der Waals surface area (Å²) < 4.78 is 0. The Morgan fingerprint density at radius 1 is 1.30 bits per heavy atom. The van der Waals surface area contributed by atoms with Crippen molar-refractivity contribution in [1.82, 2.24) is 15.1 Å². The molecule has 0 aromatic heterocycles. The second kappa shape index (κ2) is 8.92. The molecule has 128 valence electrons. The van der Waals surface area contributed by atoms with Gasteiger partial charge >= 0.3 is 6.03 Å². The molecule has 1 saturated heterocycles. The number of unbranched alkanes of at least 4 members (excludes halogenated alkanes) is 1. The van der Waals surface area contributed by atoms with Gasteiger partial charge in [-0.15, -0.1) is 0 Å². The average molecular weight is 317 g/mol. The van der Waals surface area contributed by atoms with Crippen LogP contribution < -0.4 is 5.32 Å². The van der Waals surface area contributed by atoms with Crippen LogP contribution >= 0.6 is 0 Å². The molecule has 23 heavy (non-hydrogen) atoms. The third-order valence-corrected chi connectivity index (χ3v) is 4.68. The number of benzene rings is 1. The Kier molecular flexibility index (Phi) is 6.90. The van der Waals surface area contributed by atoms with Crippen molar-refractivity contribution in [2.75, 3.05) is 26.7 Å². The molecule has 1 aromatic rings. The number of amides is 2. The summed E-state index contributed by atoms with van der Waals surface area (Å²) in [5, 5.41) is 3.17. The van der Waals surface area contributed by atoms with Crippen molar-refractivity contribution in [3.8, 4) is 0 Å². The molecule has 1 aliphatic heterocycles. The first-order valence-electron chi connectivity index (χ1n) is 8.86. The summed E-state index contributed by atoms with van der Waals surface area (Å²) in [7, 11) is 1.90. The maximum Gasteiger partial charge on any atom is 0.317 e. The Bertz CT molecular complexity index is 475. The van der Waals surface area contributed by atoms with Gasteiger partial charge in [0.15, 0.2) is 0 Å². The Hall–Kier alpha value is -1.55. The molecule has 1 aliphatic rings. The third-order valence-electron chi connectivity index (χ3n) is 4.68. The summed E-state index contributed by atoms with van der Waals surface area (Å²) in [5.41, 5.74) is 1.37. The largest absolute Gasteiger partial charge is 0.334 e. The fourth-order valence-electron chi connectivity index (χ4n) is 3.08. The number of hydrogen-bond donors (Lipinski definition) is 1. The lowest BCUT2D eigenvalue weighted by molar-refractivity contribution is 0.202. The van der Waals surface area contributed by atoms with E-state index in [0.717, 1.165) is 45.3 Å². The summed E-state index contributed by atoms with van der Waals surface area (Å²) in [4.78, 5) is 16.5. The monoisotopic (exact) mass is 317 g/mol. The van der Waals surface area contributed by atoms with E-state index in [0.29, 0.717) is 12.1 Å². The Labute approximate surface area is 140 Å². The maximum atomic E-state index is 12.2. The highest BCUT2D eigenvalue weighted by Crippen LogP contribution is 2.12. The van der Waals surface area contributed by atoms with Crippen LogP contribution in [-0.4, -0.2) is 54.6 Å². The van der Waals surface area contributed by atoms with Gasteiger partial charge in [0.25, 0.3) is 0 Å². The molecule has 4 heteroatoms. The van der Waals surface area contributed by atoms with Crippen molar-refractivity contribution >= 4 is 6.03 Å². The normalized spacial score (nSPS) is 18.3. The Balaban J connectivity index is 1.61. The summed E-state index contributed by atoms with van der Waals surface area (Å²) in [6.45, 7) is 7.31. The molecule has 0 radical (unpaired) electrons. The lowest BCUT2D eigenvalue weighted by Crippen LogP contribution is -2.45. The van der Waals surface area contributed by atoms with Crippen LogP contribution in [-0.2, 0) is 6.42 Å². The topological polar surface area (TPSA) is 35.6 Å². The van der Waals surface area contributed by atoms with Crippen LogP contribution in [0.1, 0.15) is 38.7 Å². The van der Waals surface area contributed by atoms with Crippen LogP contribution in [0.15, 0.2) is 30.3 Å². The van der Waals surface area contributed by atoms with Gasteiger partial charge in [0.05, 0.1) is 0 Å². The zero-order chi connectivity index (χ0) is 16.7. The lowest BCUT2D eigenvalue weighted by atomic mass is 10.1. The number of hydrogen-bond acceptors (Lipinski definition) is 2. The first-order valence-corrected chi connectivity index (χ1v) is 8.86. The minimum absolute atomic E-state index is 0.0697. The highest BCUT2D eigenvalue weighted by Gasteiger charge is 2.25. The molecule has 4 nitrogen and oxygen atoms in total. The summed E-state index contributed by atoms with van der Waals surface area (Å²) >= 11 is 0. The summed E-state index contributed by atoms with van der Waals surface area (Å²) in [6, 6.07) is 11.5. The van der Waals surface area contributed by atoms with E-state index in [1.54, 1.807) is 0 Å². The van der Waals surface area contributed by atoms with Crippen LogP contribution in [0, 0.1) is 0 Å². The van der Waals surface area contributed by atoms with Gasteiger partial charge < -0.3 is 10.2 Å². The van der Waals surface area contributed by atoms with Gasteiger partial charge in [-0.3, -0.25) is 4.90 Å². The van der Waals surface area contributed by atoms with E-state index in [4.69, 9.17) is 0 Å². The van der Waals surface area contributed by atoms with E-state index in [1.165, 1.54) is 5.56 Å². The second-order valence-electron chi connectivity index (χ2n) is 6.89. The van der Waals surface area contributed by atoms with Crippen molar-refractivity contribution in [3.05, 3.63) is 35.9 Å². The van der Waals surface area contributed by atoms with E-state index in [-0.39, 0.29) is 6.03 Å². The van der Waals surface area contributed by atoms with Crippen LogP contribution in [0.4, 0.5) is 4.79 Å². The standard InChI is InChI=1S/C19H31N3O/c1-16(2)22-14-12-18(15-22)20-19(23)21(3)13-8-7-11-17-9-5-4-6-10-17/h4-6,9-10,16,18H,7-8,11-15H2,1-3H3,(H,20,23). The van der Waals surface area contributed by atoms with Crippen LogP contribution in [0.5, 0.6) is 0 Å². The zero-order valence-corrected chi connectivity index (χ0v) is 14.8. The van der Waals surface area contributed by atoms with E-state index in [9.17, 15) is 4.79 Å². The lowest BCUT2D eigenvalue weighted by Gasteiger charge is -2.23. The van der Waals surface area contributed by atoms with Gasteiger partial charge in [0.2, 0.25) is 0 Å². The Morgan fingerprint density at radius 2 is 2.04 bits per heavy atom. The highest BCUT2D eigenvalue weighted by molar-refractivity contribution is 5.74. The molecular formula is C19H31N3O. The molecular weight excluding hydrogens is 286 g/mol. The molecule has 1 unspecified atom stereocenters. The molecule has 1 heterocycles. The molecule has 2 amide bonds.